The second-order valence-corrected chi connectivity index (χ2v) is 9.36. The molecule has 0 unspecified atom stereocenters. The Labute approximate surface area is 145 Å². The Kier molecular flexibility index (Phi) is 8.44. The highest BCUT2D eigenvalue weighted by Crippen LogP contribution is 2.48. The summed E-state index contributed by atoms with van der Waals surface area (Å²) in [5.41, 5.74) is -1.56. The first-order valence-corrected chi connectivity index (χ1v) is 10.6. The molecule has 0 aliphatic carbocycles. The van der Waals surface area contributed by atoms with Crippen molar-refractivity contribution in [2.75, 3.05) is 25.4 Å². The summed E-state index contributed by atoms with van der Waals surface area (Å²) >= 11 is 0. The molecule has 2 amide bonds. The first-order chi connectivity index (χ1) is 11.1. The van der Waals surface area contributed by atoms with E-state index in [-0.39, 0.29) is 11.1 Å². The SMILES string of the molecule is C=C(C)C(=O)NCC(CNC(=O)C(=C)C)(CP(=O)(O)O)CP(=O)(O)O. The molecule has 0 aromatic carbocycles. The van der Waals surface area contributed by atoms with Gasteiger partial charge in [-0.25, -0.2) is 0 Å². The Morgan fingerprint density at radius 2 is 1.12 bits per heavy atom. The normalized spacial score (nSPS) is 12.4. The van der Waals surface area contributed by atoms with Crippen molar-refractivity contribution < 1.29 is 38.3 Å². The van der Waals surface area contributed by atoms with Crippen molar-refractivity contribution in [3.63, 3.8) is 0 Å². The topological polar surface area (TPSA) is 173 Å². The lowest BCUT2D eigenvalue weighted by atomic mass is 9.92. The highest BCUT2D eigenvalue weighted by atomic mass is 31.2. The van der Waals surface area contributed by atoms with Gasteiger partial charge in [-0.2, -0.15) is 0 Å². The van der Waals surface area contributed by atoms with E-state index >= 15 is 0 Å². The third kappa shape index (κ3) is 10.3. The summed E-state index contributed by atoms with van der Waals surface area (Å²) in [6.07, 6.45) is -1.89. The van der Waals surface area contributed by atoms with Gasteiger partial charge in [0.2, 0.25) is 11.8 Å². The Morgan fingerprint density at radius 3 is 1.32 bits per heavy atom. The summed E-state index contributed by atoms with van der Waals surface area (Å²) in [4.78, 5) is 60.5. The van der Waals surface area contributed by atoms with Crippen molar-refractivity contribution >= 4 is 27.0 Å². The predicted octanol–water partition coefficient (Wildman–Crippen LogP) is -0.287. The smallest absolute Gasteiger partial charge is 0.326 e. The van der Waals surface area contributed by atoms with Gasteiger partial charge in [0, 0.05) is 29.7 Å². The van der Waals surface area contributed by atoms with Crippen LogP contribution in [0.25, 0.3) is 0 Å². The molecule has 10 nitrogen and oxygen atoms in total. The van der Waals surface area contributed by atoms with Gasteiger partial charge in [0.1, 0.15) is 0 Å². The van der Waals surface area contributed by atoms with Crippen molar-refractivity contribution in [3.05, 3.63) is 24.3 Å². The van der Waals surface area contributed by atoms with Crippen LogP contribution in [0.15, 0.2) is 24.3 Å². The average molecular weight is 398 g/mol. The van der Waals surface area contributed by atoms with Gasteiger partial charge in [0.05, 0.1) is 12.3 Å². The summed E-state index contributed by atoms with van der Waals surface area (Å²) in [5.74, 6) is -1.29. The van der Waals surface area contributed by atoms with Crippen LogP contribution in [0.4, 0.5) is 0 Å². The Morgan fingerprint density at radius 1 is 0.840 bits per heavy atom. The largest absolute Gasteiger partial charge is 0.352 e. The highest BCUT2D eigenvalue weighted by Gasteiger charge is 2.42. The molecular weight excluding hydrogens is 374 g/mol. The molecule has 0 atom stereocenters. The number of hydrogen-bond acceptors (Lipinski definition) is 4. The molecule has 0 aromatic heterocycles. The number of carbonyl (C=O) groups excluding carboxylic acids is 2. The molecule has 6 N–H and O–H groups in total. The van der Waals surface area contributed by atoms with Crippen LogP contribution >= 0.6 is 15.2 Å². The Hall–Kier alpha value is -1.28. The van der Waals surface area contributed by atoms with Gasteiger partial charge in [-0.3, -0.25) is 18.7 Å². The van der Waals surface area contributed by atoms with E-state index in [4.69, 9.17) is 0 Å². The minimum absolute atomic E-state index is 0.104. The van der Waals surface area contributed by atoms with Gasteiger partial charge < -0.3 is 30.2 Å². The molecule has 0 rings (SSSR count). The maximum absolute atomic E-state index is 11.7. The van der Waals surface area contributed by atoms with E-state index in [1.165, 1.54) is 13.8 Å². The lowest BCUT2D eigenvalue weighted by Crippen LogP contribution is -2.50. The van der Waals surface area contributed by atoms with Crippen LogP contribution in [-0.2, 0) is 18.7 Å². The summed E-state index contributed by atoms with van der Waals surface area (Å²) in [6.45, 7) is 8.63. The number of nitrogens with one attached hydrogen (secondary N) is 2. The fraction of sp³-hybridized carbons (Fsp3) is 0.538. The van der Waals surface area contributed by atoms with Crippen LogP contribution in [0.1, 0.15) is 13.8 Å². The minimum Gasteiger partial charge on any atom is -0.352 e. The van der Waals surface area contributed by atoms with Crippen LogP contribution in [0.2, 0.25) is 0 Å². The second kappa shape index (κ2) is 8.89. The van der Waals surface area contributed by atoms with E-state index in [9.17, 15) is 38.3 Å². The second-order valence-electron chi connectivity index (χ2n) is 6.07. The van der Waals surface area contributed by atoms with Gasteiger partial charge >= 0.3 is 15.2 Å². The van der Waals surface area contributed by atoms with Gasteiger partial charge in [-0.05, 0) is 13.8 Å². The van der Waals surface area contributed by atoms with Gasteiger partial charge in [0.15, 0.2) is 0 Å². The third-order valence-electron chi connectivity index (χ3n) is 3.11. The van der Waals surface area contributed by atoms with Crippen molar-refractivity contribution in [2.24, 2.45) is 5.41 Å². The first kappa shape index (κ1) is 23.7. The number of amides is 2. The zero-order valence-electron chi connectivity index (χ0n) is 14.1. The van der Waals surface area contributed by atoms with Crippen molar-refractivity contribution in [3.8, 4) is 0 Å². The standard InChI is InChI=1S/C13H24N2O8P2/c1-9(2)11(16)14-5-13(7-24(18,19)20,8-25(21,22)23)6-15-12(17)10(3)4/h1,3,5-8H2,2,4H3,(H,14,16)(H,15,17)(H2,18,19,20)(H2,21,22,23). The average Bonchev–Trinajstić information content (AvgIpc) is 2.38. The molecule has 0 heterocycles. The zero-order valence-corrected chi connectivity index (χ0v) is 15.8. The van der Waals surface area contributed by atoms with E-state index < -0.39 is 57.8 Å². The molecular formula is C13H24N2O8P2. The maximum atomic E-state index is 11.7. The summed E-state index contributed by atoms with van der Waals surface area (Å²) in [7, 11) is -9.46. The lowest BCUT2D eigenvalue weighted by molar-refractivity contribution is -0.117. The van der Waals surface area contributed by atoms with Crippen LogP contribution in [0.3, 0.4) is 0 Å². The van der Waals surface area contributed by atoms with E-state index in [1.54, 1.807) is 0 Å². The third-order valence-corrected chi connectivity index (χ3v) is 5.27. The Balaban J connectivity index is 5.68. The van der Waals surface area contributed by atoms with Crippen LogP contribution < -0.4 is 10.6 Å². The predicted molar refractivity (Wildman–Crippen MR) is 91.9 cm³/mol. The van der Waals surface area contributed by atoms with Crippen LogP contribution in [0, 0.1) is 5.41 Å². The van der Waals surface area contributed by atoms with E-state index in [2.05, 4.69) is 23.8 Å². The van der Waals surface area contributed by atoms with Gasteiger partial charge in [-0.1, -0.05) is 13.2 Å². The fourth-order valence-electron chi connectivity index (χ4n) is 2.05. The summed E-state index contributed by atoms with van der Waals surface area (Å²) < 4.78 is 22.9. The molecule has 0 aliphatic rings. The fourth-order valence-corrected chi connectivity index (χ4v) is 4.64. The molecule has 0 saturated heterocycles. The summed E-state index contributed by atoms with van der Waals surface area (Å²) in [5, 5.41) is 4.64. The molecule has 0 saturated carbocycles. The van der Waals surface area contributed by atoms with Crippen molar-refractivity contribution in [1.82, 2.24) is 10.6 Å². The molecule has 0 fully saturated rings. The summed E-state index contributed by atoms with van der Waals surface area (Å²) in [6, 6.07) is 0. The van der Waals surface area contributed by atoms with E-state index in [0.29, 0.717) is 0 Å². The minimum atomic E-state index is -4.73. The molecule has 144 valence electrons. The monoisotopic (exact) mass is 398 g/mol. The molecule has 0 aromatic rings. The van der Waals surface area contributed by atoms with E-state index in [0.717, 1.165) is 0 Å². The molecule has 0 bridgehead atoms. The Bertz CT molecular complexity index is 592. The number of carbonyl (C=O) groups is 2. The lowest BCUT2D eigenvalue weighted by Gasteiger charge is -2.34. The molecule has 0 aliphatic heterocycles. The maximum Gasteiger partial charge on any atom is 0.326 e. The number of rotatable bonds is 10. The van der Waals surface area contributed by atoms with Gasteiger partial charge in [-0.15, -0.1) is 0 Å². The molecule has 12 heteroatoms. The highest BCUT2D eigenvalue weighted by molar-refractivity contribution is 7.53. The van der Waals surface area contributed by atoms with Crippen molar-refractivity contribution in [2.45, 2.75) is 13.8 Å². The quantitative estimate of drug-likeness (QED) is 0.215. The first-order valence-electron chi connectivity index (χ1n) is 7.03. The van der Waals surface area contributed by atoms with E-state index in [1.807, 2.05) is 0 Å². The number of hydrogen-bond donors (Lipinski definition) is 6. The van der Waals surface area contributed by atoms with Crippen molar-refractivity contribution in [1.29, 1.82) is 0 Å². The zero-order chi connectivity index (χ0) is 20.1. The van der Waals surface area contributed by atoms with Gasteiger partial charge in [0.25, 0.3) is 0 Å². The molecule has 0 spiro atoms. The molecule has 25 heavy (non-hydrogen) atoms. The van der Waals surface area contributed by atoms with Crippen LogP contribution in [0.5, 0.6) is 0 Å². The molecule has 0 radical (unpaired) electrons. The van der Waals surface area contributed by atoms with Crippen LogP contribution in [-0.4, -0.2) is 56.8 Å².